The third-order valence-corrected chi connectivity index (χ3v) is 3.19. The molecule has 0 saturated carbocycles. The fourth-order valence-electron chi connectivity index (χ4n) is 1.80. The van der Waals surface area contributed by atoms with E-state index in [1.807, 2.05) is 19.1 Å². The van der Waals surface area contributed by atoms with Crippen LogP contribution in [0, 0.1) is 0 Å². The molecule has 0 fully saturated rings. The van der Waals surface area contributed by atoms with Gasteiger partial charge in [0.25, 0.3) is 0 Å². The Morgan fingerprint density at radius 1 is 1.33 bits per heavy atom. The highest BCUT2D eigenvalue weighted by molar-refractivity contribution is 6.31. The van der Waals surface area contributed by atoms with Gasteiger partial charge in [-0.2, -0.15) is 0 Å². The zero-order valence-corrected chi connectivity index (χ0v) is 12.3. The van der Waals surface area contributed by atoms with E-state index >= 15 is 0 Å². The predicted molar refractivity (Wildman–Crippen MR) is 78.6 cm³/mol. The summed E-state index contributed by atoms with van der Waals surface area (Å²) in [6.07, 6.45) is 0. The molecule has 0 bridgehead atoms. The Balaban J connectivity index is 2.75. The Morgan fingerprint density at radius 2 is 2.11 bits per heavy atom. The van der Waals surface area contributed by atoms with E-state index in [4.69, 9.17) is 16.3 Å². The van der Waals surface area contributed by atoms with Crippen molar-refractivity contribution < 1.29 is 4.74 Å². The molecule has 0 aliphatic rings. The van der Waals surface area contributed by atoms with E-state index in [1.54, 1.807) is 0 Å². The first-order chi connectivity index (χ1) is 8.70. The van der Waals surface area contributed by atoms with Crippen molar-refractivity contribution in [1.29, 1.82) is 0 Å². The van der Waals surface area contributed by atoms with Gasteiger partial charge >= 0.3 is 0 Å². The lowest BCUT2D eigenvalue weighted by Gasteiger charge is -2.23. The number of benzene rings is 1. The van der Waals surface area contributed by atoms with Crippen LogP contribution in [0.3, 0.4) is 0 Å². The molecule has 0 saturated heterocycles. The second-order valence-corrected chi connectivity index (χ2v) is 4.54. The largest absolute Gasteiger partial charge is 0.380 e. The van der Waals surface area contributed by atoms with Crippen LogP contribution in [0.2, 0.25) is 5.02 Å². The first kappa shape index (κ1) is 15.3. The van der Waals surface area contributed by atoms with E-state index in [9.17, 15) is 0 Å². The average Bonchev–Trinajstić information content (AvgIpc) is 2.37. The van der Waals surface area contributed by atoms with Crippen LogP contribution in [-0.4, -0.2) is 33.4 Å². The van der Waals surface area contributed by atoms with Crippen molar-refractivity contribution in [3.8, 4) is 0 Å². The summed E-state index contributed by atoms with van der Waals surface area (Å²) in [6.45, 7) is 8.20. The van der Waals surface area contributed by atoms with Crippen molar-refractivity contribution in [2.24, 2.45) is 0 Å². The van der Waals surface area contributed by atoms with Gasteiger partial charge in [0.1, 0.15) is 0 Å². The molecule has 1 aromatic carbocycles. The maximum atomic E-state index is 6.27. The van der Waals surface area contributed by atoms with E-state index in [0.29, 0.717) is 0 Å². The van der Waals surface area contributed by atoms with Crippen LogP contribution in [0.4, 0.5) is 5.69 Å². The number of likely N-dealkylation sites (N-methyl/N-ethyl adjacent to an activating group) is 1. The first-order valence-corrected chi connectivity index (χ1v) is 6.85. The van der Waals surface area contributed by atoms with Crippen LogP contribution in [0.1, 0.15) is 19.4 Å². The number of hydrogen-bond donors (Lipinski definition) is 1. The highest BCUT2D eigenvalue weighted by atomic mass is 35.5. The molecule has 18 heavy (non-hydrogen) atoms. The molecule has 0 spiro atoms. The van der Waals surface area contributed by atoms with Gasteiger partial charge in [-0.3, -0.25) is 0 Å². The van der Waals surface area contributed by atoms with Crippen LogP contribution in [0.15, 0.2) is 18.2 Å². The molecule has 4 heteroatoms. The third kappa shape index (κ3) is 4.48. The van der Waals surface area contributed by atoms with Crippen LogP contribution in [0.25, 0.3) is 0 Å². The van der Waals surface area contributed by atoms with Gasteiger partial charge in [-0.05, 0) is 25.6 Å². The number of nitrogens with zero attached hydrogens (tertiary/aromatic N) is 1. The minimum absolute atomic E-state index is 0.736. The molecule has 1 rings (SSSR count). The van der Waals surface area contributed by atoms with Gasteiger partial charge in [0.2, 0.25) is 0 Å². The minimum Gasteiger partial charge on any atom is -0.380 e. The van der Waals surface area contributed by atoms with Gasteiger partial charge in [0.15, 0.2) is 0 Å². The topological polar surface area (TPSA) is 24.5 Å². The van der Waals surface area contributed by atoms with Crippen molar-refractivity contribution in [3.63, 3.8) is 0 Å². The fourth-order valence-corrected chi connectivity index (χ4v) is 2.03. The summed E-state index contributed by atoms with van der Waals surface area (Å²) in [5.74, 6) is 0. The Hall–Kier alpha value is -0.770. The fraction of sp³-hybridized carbons (Fsp3) is 0.571. The summed E-state index contributed by atoms with van der Waals surface area (Å²) in [6, 6.07) is 6.03. The molecule has 0 radical (unpaired) electrons. The zero-order chi connectivity index (χ0) is 13.4. The summed E-state index contributed by atoms with van der Waals surface area (Å²) in [5, 5.41) is 4.14. The Bertz CT molecular complexity index is 358. The van der Waals surface area contributed by atoms with Crippen molar-refractivity contribution in [2.75, 3.05) is 38.3 Å². The van der Waals surface area contributed by atoms with Gasteiger partial charge < -0.3 is 15.0 Å². The van der Waals surface area contributed by atoms with Crippen molar-refractivity contribution in [3.05, 3.63) is 28.8 Å². The Morgan fingerprint density at radius 3 is 2.78 bits per heavy atom. The molecule has 1 aromatic rings. The second kappa shape index (κ2) is 8.35. The lowest BCUT2D eigenvalue weighted by Crippen LogP contribution is -2.25. The number of nitrogens with one attached hydrogen (secondary N) is 1. The van der Waals surface area contributed by atoms with Gasteiger partial charge in [0.05, 0.1) is 6.61 Å². The monoisotopic (exact) mass is 270 g/mol. The van der Waals surface area contributed by atoms with Crippen LogP contribution in [-0.2, 0) is 11.3 Å². The van der Waals surface area contributed by atoms with Crippen molar-refractivity contribution in [1.82, 2.24) is 5.32 Å². The normalized spacial score (nSPS) is 10.7. The molecule has 0 amide bonds. The maximum Gasteiger partial charge on any atom is 0.0641 e. The number of hydrogen-bond acceptors (Lipinski definition) is 3. The standard InChI is InChI=1S/C14H23ClN2O/c1-4-16-11-12-13(15)7-6-8-14(12)17(3)9-10-18-5-2/h6-8,16H,4-5,9-11H2,1-3H3. The number of anilines is 1. The van der Waals surface area contributed by atoms with Crippen LogP contribution < -0.4 is 10.2 Å². The van der Waals surface area contributed by atoms with Gasteiger partial charge in [-0.25, -0.2) is 0 Å². The van der Waals surface area contributed by atoms with E-state index in [0.717, 1.165) is 43.4 Å². The van der Waals surface area contributed by atoms with E-state index in [-0.39, 0.29) is 0 Å². The molecular weight excluding hydrogens is 248 g/mol. The highest BCUT2D eigenvalue weighted by Crippen LogP contribution is 2.26. The Kier molecular flexibility index (Phi) is 7.09. The molecule has 102 valence electrons. The SMILES string of the molecule is CCNCc1c(Cl)cccc1N(C)CCOCC. The molecule has 0 unspecified atom stereocenters. The lowest BCUT2D eigenvalue weighted by atomic mass is 10.1. The molecule has 1 N–H and O–H groups in total. The van der Waals surface area contributed by atoms with E-state index in [1.165, 1.54) is 5.69 Å². The van der Waals surface area contributed by atoms with Gasteiger partial charge in [-0.15, -0.1) is 0 Å². The number of rotatable bonds is 8. The first-order valence-electron chi connectivity index (χ1n) is 6.47. The maximum absolute atomic E-state index is 6.27. The molecule has 0 aromatic heterocycles. The number of halogens is 1. The molecule has 0 atom stereocenters. The smallest absolute Gasteiger partial charge is 0.0641 e. The highest BCUT2D eigenvalue weighted by Gasteiger charge is 2.10. The Labute approximate surface area is 115 Å². The van der Waals surface area contributed by atoms with Crippen LogP contribution >= 0.6 is 11.6 Å². The average molecular weight is 271 g/mol. The second-order valence-electron chi connectivity index (χ2n) is 4.14. The lowest BCUT2D eigenvalue weighted by molar-refractivity contribution is 0.154. The zero-order valence-electron chi connectivity index (χ0n) is 11.5. The summed E-state index contributed by atoms with van der Waals surface area (Å²) < 4.78 is 5.39. The van der Waals surface area contributed by atoms with E-state index in [2.05, 4.69) is 30.3 Å². The van der Waals surface area contributed by atoms with Crippen molar-refractivity contribution >= 4 is 17.3 Å². The van der Waals surface area contributed by atoms with Crippen LogP contribution in [0.5, 0.6) is 0 Å². The molecule has 0 heterocycles. The predicted octanol–water partition coefficient (Wildman–Crippen LogP) is 2.92. The summed E-state index contributed by atoms with van der Waals surface area (Å²) >= 11 is 6.27. The summed E-state index contributed by atoms with van der Waals surface area (Å²) in [5.41, 5.74) is 2.32. The molecule has 0 aliphatic carbocycles. The summed E-state index contributed by atoms with van der Waals surface area (Å²) in [4.78, 5) is 2.19. The van der Waals surface area contributed by atoms with Gasteiger partial charge in [-0.1, -0.05) is 24.6 Å². The third-order valence-electron chi connectivity index (χ3n) is 2.83. The quantitative estimate of drug-likeness (QED) is 0.735. The molecular formula is C14H23ClN2O. The molecule has 0 aliphatic heterocycles. The van der Waals surface area contributed by atoms with E-state index < -0.39 is 0 Å². The summed E-state index contributed by atoms with van der Waals surface area (Å²) in [7, 11) is 2.07. The minimum atomic E-state index is 0.736. The number of ether oxygens (including phenoxy) is 1. The van der Waals surface area contributed by atoms with Gasteiger partial charge in [0, 0.05) is 43.0 Å². The molecule has 3 nitrogen and oxygen atoms in total. The van der Waals surface area contributed by atoms with Crippen molar-refractivity contribution in [2.45, 2.75) is 20.4 Å².